The second-order valence-corrected chi connectivity index (χ2v) is 8.89. The maximum absolute atomic E-state index is 12.8. The van der Waals surface area contributed by atoms with E-state index >= 15 is 0 Å². The highest BCUT2D eigenvalue weighted by molar-refractivity contribution is 5.86. The number of carbonyl (C=O) groups is 1. The summed E-state index contributed by atoms with van der Waals surface area (Å²) in [6.07, 6.45) is 6.19. The molecular weight excluding hydrogens is 340 g/mol. The van der Waals surface area contributed by atoms with Crippen LogP contribution in [0.4, 0.5) is 5.82 Å². The van der Waals surface area contributed by atoms with E-state index in [-0.39, 0.29) is 28.8 Å². The van der Waals surface area contributed by atoms with Crippen LogP contribution in [0.5, 0.6) is 0 Å². The molecule has 27 heavy (non-hydrogen) atoms. The lowest BCUT2D eigenvalue weighted by Crippen LogP contribution is -2.64. The van der Waals surface area contributed by atoms with Gasteiger partial charge in [0.2, 0.25) is 5.91 Å². The molecule has 2 saturated carbocycles. The Morgan fingerprint density at radius 2 is 2.00 bits per heavy atom. The third kappa shape index (κ3) is 3.25. The van der Waals surface area contributed by atoms with Gasteiger partial charge in [0.1, 0.15) is 11.8 Å². The van der Waals surface area contributed by atoms with Gasteiger partial charge in [0.05, 0.1) is 10.9 Å². The molecule has 2 aliphatic rings. The van der Waals surface area contributed by atoms with Crippen molar-refractivity contribution < 1.29 is 4.79 Å². The fourth-order valence-electron chi connectivity index (χ4n) is 4.10. The van der Waals surface area contributed by atoms with E-state index in [9.17, 15) is 4.79 Å². The topological polar surface area (TPSA) is 83.0 Å². The smallest absolute Gasteiger partial charge is 0.227 e. The number of aromatic nitrogens is 3. The van der Waals surface area contributed by atoms with Gasteiger partial charge in [-0.25, -0.2) is 9.97 Å². The van der Waals surface area contributed by atoms with Crippen LogP contribution < -0.4 is 10.6 Å². The molecule has 7 nitrogen and oxygen atoms in total. The van der Waals surface area contributed by atoms with E-state index in [0.29, 0.717) is 0 Å². The number of carbonyl (C=O) groups excluding carboxylic acids is 1. The second kappa shape index (κ2) is 6.41. The minimum Gasteiger partial charge on any atom is -0.365 e. The molecule has 2 N–H and O–H groups in total. The van der Waals surface area contributed by atoms with E-state index in [1.165, 1.54) is 0 Å². The number of nitrogens with one attached hydrogen (secondary N) is 2. The van der Waals surface area contributed by atoms with Crippen LogP contribution in [0.1, 0.15) is 33.1 Å². The lowest BCUT2D eigenvalue weighted by Gasteiger charge is -2.52. The third-order valence-electron chi connectivity index (χ3n) is 6.23. The van der Waals surface area contributed by atoms with Crippen molar-refractivity contribution >= 4 is 22.8 Å². The van der Waals surface area contributed by atoms with Crippen LogP contribution in [-0.4, -0.2) is 58.5 Å². The average molecular weight is 368 g/mol. The maximum atomic E-state index is 12.8. The zero-order valence-electron chi connectivity index (χ0n) is 16.5. The van der Waals surface area contributed by atoms with E-state index in [0.717, 1.165) is 42.7 Å². The number of pyridine rings is 1. The van der Waals surface area contributed by atoms with Gasteiger partial charge in [0.25, 0.3) is 0 Å². The molecule has 0 bridgehead atoms. The van der Waals surface area contributed by atoms with Crippen LogP contribution in [0, 0.1) is 10.8 Å². The molecule has 2 aromatic heterocycles. The Balaban J connectivity index is 1.42. The lowest BCUT2D eigenvalue weighted by molar-refractivity contribution is -0.130. The maximum Gasteiger partial charge on any atom is 0.227 e. The van der Waals surface area contributed by atoms with Crippen molar-refractivity contribution in [3.63, 3.8) is 0 Å². The van der Waals surface area contributed by atoms with Gasteiger partial charge in [-0.3, -0.25) is 9.78 Å². The Morgan fingerprint density at radius 1 is 1.22 bits per heavy atom. The van der Waals surface area contributed by atoms with Gasteiger partial charge in [-0.1, -0.05) is 13.8 Å². The second-order valence-electron chi connectivity index (χ2n) is 8.89. The molecule has 2 unspecified atom stereocenters. The van der Waals surface area contributed by atoms with E-state index in [4.69, 9.17) is 0 Å². The van der Waals surface area contributed by atoms with Gasteiger partial charge in [-0.05, 0) is 45.5 Å². The van der Waals surface area contributed by atoms with Gasteiger partial charge < -0.3 is 15.5 Å². The number of hydrogen-bond donors (Lipinski definition) is 2. The van der Waals surface area contributed by atoms with Crippen LogP contribution in [0.15, 0.2) is 24.7 Å². The van der Waals surface area contributed by atoms with Crippen molar-refractivity contribution in [2.24, 2.45) is 10.8 Å². The van der Waals surface area contributed by atoms with Crippen LogP contribution in [0.2, 0.25) is 0 Å². The van der Waals surface area contributed by atoms with Crippen molar-refractivity contribution in [1.29, 1.82) is 0 Å². The predicted octanol–water partition coefficient (Wildman–Crippen LogP) is 2.06. The summed E-state index contributed by atoms with van der Waals surface area (Å²) in [4.78, 5) is 28.0. The first-order chi connectivity index (χ1) is 12.8. The summed E-state index contributed by atoms with van der Waals surface area (Å²) < 4.78 is 0. The molecule has 2 aliphatic carbocycles. The van der Waals surface area contributed by atoms with Crippen LogP contribution in [0.3, 0.4) is 0 Å². The molecule has 0 radical (unpaired) electrons. The van der Waals surface area contributed by atoms with Gasteiger partial charge >= 0.3 is 0 Å². The molecule has 2 fully saturated rings. The van der Waals surface area contributed by atoms with Crippen LogP contribution in [-0.2, 0) is 4.79 Å². The summed E-state index contributed by atoms with van der Waals surface area (Å²) in [7, 11) is 4.06. The summed E-state index contributed by atoms with van der Waals surface area (Å²) in [5, 5.41) is 6.84. The van der Waals surface area contributed by atoms with Gasteiger partial charge in [0.15, 0.2) is 5.82 Å². The number of fused-ring (bicyclic) bond motifs is 1. The Kier molecular flexibility index (Phi) is 4.29. The fraction of sp³-hybridized carbons (Fsp3) is 0.600. The number of amides is 1. The number of rotatable bonds is 6. The molecule has 0 saturated heterocycles. The largest absolute Gasteiger partial charge is 0.365 e. The number of nitrogens with zero attached hydrogens (tertiary/aromatic N) is 4. The third-order valence-corrected chi connectivity index (χ3v) is 6.23. The quantitative estimate of drug-likeness (QED) is 0.812. The van der Waals surface area contributed by atoms with E-state index < -0.39 is 0 Å². The molecule has 4 rings (SSSR count). The SMILES string of the molecule is CN(C)CC1(C(=O)NC2CC(Nc3ncnc4cccnc34)C2(C)C)CC1. The molecule has 144 valence electrons. The van der Waals surface area contributed by atoms with Gasteiger partial charge in [-0.15, -0.1) is 0 Å². The molecule has 0 spiro atoms. The summed E-state index contributed by atoms with van der Waals surface area (Å²) in [6, 6.07) is 4.21. The van der Waals surface area contributed by atoms with Gasteiger partial charge in [0, 0.05) is 30.2 Å². The highest BCUT2D eigenvalue weighted by Crippen LogP contribution is 2.48. The minimum absolute atomic E-state index is 0.0596. The first-order valence-electron chi connectivity index (χ1n) is 9.60. The van der Waals surface area contributed by atoms with E-state index in [1.54, 1.807) is 12.5 Å². The van der Waals surface area contributed by atoms with Crippen molar-refractivity contribution in [2.45, 2.75) is 45.2 Å². The summed E-state index contributed by atoms with van der Waals surface area (Å²) in [6.45, 7) is 5.22. The summed E-state index contributed by atoms with van der Waals surface area (Å²) in [5.41, 5.74) is 1.38. The first-order valence-corrected chi connectivity index (χ1v) is 9.60. The minimum atomic E-state index is -0.176. The molecule has 0 aromatic carbocycles. The van der Waals surface area contributed by atoms with Crippen molar-refractivity contribution in [3.05, 3.63) is 24.7 Å². The highest BCUT2D eigenvalue weighted by Gasteiger charge is 2.54. The average Bonchev–Trinajstić information content (AvgIpc) is 3.40. The fourth-order valence-corrected chi connectivity index (χ4v) is 4.10. The normalized spacial score (nSPS) is 25.1. The van der Waals surface area contributed by atoms with Crippen LogP contribution in [0.25, 0.3) is 11.0 Å². The van der Waals surface area contributed by atoms with E-state index in [1.807, 2.05) is 26.2 Å². The molecular formula is C20H28N6O. The molecule has 2 heterocycles. The Bertz CT molecular complexity index is 855. The number of anilines is 1. The summed E-state index contributed by atoms with van der Waals surface area (Å²) >= 11 is 0. The van der Waals surface area contributed by atoms with E-state index in [2.05, 4.69) is 44.3 Å². The van der Waals surface area contributed by atoms with Crippen LogP contribution >= 0.6 is 0 Å². The Morgan fingerprint density at radius 3 is 2.67 bits per heavy atom. The zero-order chi connectivity index (χ0) is 19.2. The molecule has 2 aromatic rings. The Hall–Kier alpha value is -2.28. The molecule has 2 atom stereocenters. The highest BCUT2D eigenvalue weighted by atomic mass is 16.2. The molecule has 7 heteroatoms. The van der Waals surface area contributed by atoms with Crippen molar-refractivity contribution in [1.82, 2.24) is 25.2 Å². The van der Waals surface area contributed by atoms with Crippen molar-refractivity contribution in [2.75, 3.05) is 26.0 Å². The zero-order valence-corrected chi connectivity index (χ0v) is 16.5. The van der Waals surface area contributed by atoms with Crippen molar-refractivity contribution in [3.8, 4) is 0 Å². The molecule has 0 aliphatic heterocycles. The Labute approximate surface area is 160 Å². The molecule has 1 amide bonds. The van der Waals surface area contributed by atoms with Gasteiger partial charge in [-0.2, -0.15) is 0 Å². The monoisotopic (exact) mass is 368 g/mol. The predicted molar refractivity (Wildman–Crippen MR) is 105 cm³/mol. The lowest BCUT2D eigenvalue weighted by atomic mass is 9.62. The standard InChI is InChI=1S/C20H28N6O/c1-19(2)14(24-17-16-13(22-12-23-17)6-5-9-21-16)10-15(19)25-18(27)20(7-8-20)11-26(3)4/h5-6,9,12,14-15H,7-8,10-11H2,1-4H3,(H,25,27)(H,22,23,24). The first kappa shape index (κ1) is 18.1. The summed E-state index contributed by atoms with van der Waals surface area (Å²) in [5.74, 6) is 0.969. The number of hydrogen-bond acceptors (Lipinski definition) is 6.